The van der Waals surface area contributed by atoms with Gasteiger partial charge in [-0.2, -0.15) is 0 Å². The number of halogens is 1. The molecular formula is C25H28ClN3O5S2. The third kappa shape index (κ3) is 5.79. The summed E-state index contributed by atoms with van der Waals surface area (Å²) in [6, 6.07) is 15.9. The van der Waals surface area contributed by atoms with Gasteiger partial charge in [-0.3, -0.25) is 9.69 Å². The van der Waals surface area contributed by atoms with Crippen LogP contribution < -0.4 is 5.32 Å². The molecule has 8 nitrogen and oxygen atoms in total. The summed E-state index contributed by atoms with van der Waals surface area (Å²) in [4.78, 5) is 29.0. The second kappa shape index (κ2) is 11.5. The zero-order valence-corrected chi connectivity index (χ0v) is 22.6. The Morgan fingerprint density at radius 2 is 1.75 bits per heavy atom. The zero-order valence-electron chi connectivity index (χ0n) is 20.2. The van der Waals surface area contributed by atoms with Crippen LogP contribution in [0.15, 0.2) is 59.5 Å². The van der Waals surface area contributed by atoms with Crippen LogP contribution in [0.5, 0.6) is 0 Å². The first-order valence-corrected chi connectivity index (χ1v) is 13.3. The Kier molecular flexibility index (Phi) is 8.91. The number of fused-ring (bicyclic) bond motifs is 1. The van der Waals surface area contributed by atoms with Crippen molar-refractivity contribution in [3.8, 4) is 0 Å². The minimum absolute atomic E-state index is 0. The van der Waals surface area contributed by atoms with Gasteiger partial charge >= 0.3 is 5.97 Å². The zero-order chi connectivity index (χ0) is 25.2. The van der Waals surface area contributed by atoms with E-state index in [1.807, 2.05) is 18.2 Å². The van der Waals surface area contributed by atoms with Gasteiger partial charge in [0.25, 0.3) is 5.91 Å². The van der Waals surface area contributed by atoms with E-state index in [9.17, 15) is 18.0 Å². The lowest BCUT2D eigenvalue weighted by Crippen LogP contribution is -2.29. The third-order valence-electron chi connectivity index (χ3n) is 5.90. The van der Waals surface area contributed by atoms with Crippen molar-refractivity contribution < 1.29 is 22.7 Å². The molecule has 11 heteroatoms. The highest BCUT2D eigenvalue weighted by Gasteiger charge is 2.29. The largest absolute Gasteiger partial charge is 0.465 e. The number of rotatable bonds is 7. The van der Waals surface area contributed by atoms with E-state index in [0.29, 0.717) is 23.5 Å². The number of hydrogen-bond donors (Lipinski definition) is 1. The number of nitrogens with zero attached hydrogens (tertiary/aromatic N) is 2. The number of methoxy groups -OCH3 is 1. The molecule has 0 unspecified atom stereocenters. The average Bonchev–Trinajstić information content (AvgIpc) is 3.21. The molecule has 192 valence electrons. The molecule has 0 radical (unpaired) electrons. The molecule has 3 aromatic rings. The molecule has 2 heterocycles. The van der Waals surface area contributed by atoms with Crippen molar-refractivity contribution in [2.45, 2.75) is 24.4 Å². The normalized spacial score (nSPS) is 13.6. The first-order chi connectivity index (χ1) is 16.7. The summed E-state index contributed by atoms with van der Waals surface area (Å²) in [5.74, 6) is -0.912. The molecule has 4 rings (SSSR count). The fourth-order valence-corrected chi connectivity index (χ4v) is 6.18. The molecule has 0 spiro atoms. The lowest BCUT2D eigenvalue weighted by atomic mass is 10.0. The number of amides is 1. The van der Waals surface area contributed by atoms with Gasteiger partial charge in [0.1, 0.15) is 5.00 Å². The molecule has 0 fully saturated rings. The number of carbonyl (C=O) groups is 2. The molecule has 0 bridgehead atoms. The van der Waals surface area contributed by atoms with Crippen molar-refractivity contribution in [1.82, 2.24) is 9.21 Å². The summed E-state index contributed by atoms with van der Waals surface area (Å²) in [5.41, 5.74) is 2.81. The molecule has 0 saturated heterocycles. The number of thiophene rings is 1. The summed E-state index contributed by atoms with van der Waals surface area (Å²) in [6.45, 7) is 2.26. The second-order valence-electron chi connectivity index (χ2n) is 8.41. The standard InChI is InChI=1S/C25H27N3O5S2.ClH/c1-27(2)35(31,32)19-11-9-18(10-12-19)23(29)26-24-22(25(30)33-3)20-13-14-28(16-21(20)34-24)15-17-7-5-4-6-8-17;/h4-12H,13-16H2,1-3H3,(H,26,29);1H. The van der Waals surface area contributed by atoms with Crippen LogP contribution in [-0.4, -0.2) is 57.2 Å². The van der Waals surface area contributed by atoms with E-state index in [4.69, 9.17) is 4.74 Å². The van der Waals surface area contributed by atoms with E-state index in [1.54, 1.807) is 0 Å². The van der Waals surface area contributed by atoms with Gasteiger partial charge in [-0.15, -0.1) is 23.7 Å². The number of benzene rings is 2. The average molecular weight is 550 g/mol. The van der Waals surface area contributed by atoms with Crippen LogP contribution in [0.25, 0.3) is 0 Å². The summed E-state index contributed by atoms with van der Waals surface area (Å²) in [7, 11) is 0.631. The second-order valence-corrected chi connectivity index (χ2v) is 11.7. The molecular weight excluding hydrogens is 522 g/mol. The predicted octanol–water partition coefficient (Wildman–Crippen LogP) is 4.02. The Balaban J connectivity index is 0.00000361. The molecule has 0 saturated carbocycles. The van der Waals surface area contributed by atoms with Gasteiger partial charge in [-0.05, 0) is 41.8 Å². The Bertz CT molecular complexity index is 1340. The van der Waals surface area contributed by atoms with Gasteiger partial charge in [0.15, 0.2) is 0 Å². The first-order valence-electron chi connectivity index (χ1n) is 11.0. The van der Waals surface area contributed by atoms with E-state index < -0.39 is 21.9 Å². The van der Waals surface area contributed by atoms with Crippen molar-refractivity contribution in [1.29, 1.82) is 0 Å². The summed E-state index contributed by atoms with van der Waals surface area (Å²) in [5, 5.41) is 3.29. The number of esters is 1. The minimum Gasteiger partial charge on any atom is -0.465 e. The fourth-order valence-electron chi connectivity index (χ4n) is 4.00. The van der Waals surface area contributed by atoms with Crippen molar-refractivity contribution >= 4 is 50.6 Å². The molecule has 1 N–H and O–H groups in total. The van der Waals surface area contributed by atoms with Gasteiger partial charge in [-0.25, -0.2) is 17.5 Å². The quantitative estimate of drug-likeness (QED) is 0.447. The van der Waals surface area contributed by atoms with Crippen LogP contribution in [0, 0.1) is 0 Å². The third-order valence-corrected chi connectivity index (χ3v) is 8.86. The van der Waals surface area contributed by atoms with Crippen molar-refractivity contribution in [2.24, 2.45) is 0 Å². The highest BCUT2D eigenvalue weighted by atomic mass is 35.5. The molecule has 1 aliphatic heterocycles. The Morgan fingerprint density at radius 3 is 2.36 bits per heavy atom. The molecule has 1 aliphatic rings. The molecule has 0 atom stereocenters. The maximum absolute atomic E-state index is 13.0. The van der Waals surface area contributed by atoms with E-state index in [0.717, 1.165) is 27.8 Å². The number of nitrogens with one attached hydrogen (secondary N) is 1. The summed E-state index contributed by atoms with van der Waals surface area (Å²) in [6.07, 6.45) is 0.677. The van der Waals surface area contributed by atoms with Gasteiger partial charge in [0, 0.05) is 44.2 Å². The number of hydrogen-bond acceptors (Lipinski definition) is 7. The molecule has 36 heavy (non-hydrogen) atoms. The highest BCUT2D eigenvalue weighted by Crippen LogP contribution is 2.38. The minimum atomic E-state index is -3.59. The van der Waals surface area contributed by atoms with Crippen molar-refractivity contribution in [2.75, 3.05) is 33.1 Å². The monoisotopic (exact) mass is 549 g/mol. The summed E-state index contributed by atoms with van der Waals surface area (Å²) >= 11 is 1.38. The first kappa shape index (κ1) is 27.8. The highest BCUT2D eigenvalue weighted by molar-refractivity contribution is 7.89. The lowest BCUT2D eigenvalue weighted by molar-refractivity contribution is 0.0600. The van der Waals surface area contributed by atoms with Crippen LogP contribution in [0.2, 0.25) is 0 Å². The Labute approximate surface area is 221 Å². The van der Waals surface area contributed by atoms with Gasteiger partial charge in [0.05, 0.1) is 17.6 Å². The van der Waals surface area contributed by atoms with Gasteiger partial charge < -0.3 is 10.1 Å². The van der Waals surface area contributed by atoms with Gasteiger partial charge in [-0.1, -0.05) is 30.3 Å². The SMILES string of the molecule is COC(=O)c1c(NC(=O)c2ccc(S(=O)(=O)N(C)C)cc2)sc2c1CCN(Cc1ccccc1)C2.Cl. The molecule has 0 aliphatic carbocycles. The summed E-state index contributed by atoms with van der Waals surface area (Å²) < 4.78 is 30.7. The molecule has 1 aromatic heterocycles. The van der Waals surface area contributed by atoms with Crippen LogP contribution in [0.3, 0.4) is 0 Å². The lowest BCUT2D eigenvalue weighted by Gasteiger charge is -2.27. The number of carbonyl (C=O) groups excluding carboxylic acids is 2. The van der Waals surface area contributed by atoms with E-state index >= 15 is 0 Å². The topological polar surface area (TPSA) is 96.0 Å². The molecule has 2 aromatic carbocycles. The maximum Gasteiger partial charge on any atom is 0.341 e. The predicted molar refractivity (Wildman–Crippen MR) is 142 cm³/mol. The molecule has 1 amide bonds. The van der Waals surface area contributed by atoms with E-state index in [-0.39, 0.29) is 22.9 Å². The number of ether oxygens (including phenoxy) is 1. The van der Waals surface area contributed by atoms with Gasteiger partial charge in [0.2, 0.25) is 10.0 Å². The number of anilines is 1. The van der Waals surface area contributed by atoms with Crippen LogP contribution in [-0.2, 0) is 34.3 Å². The van der Waals surface area contributed by atoms with E-state index in [2.05, 4.69) is 22.3 Å². The van der Waals surface area contributed by atoms with Crippen LogP contribution in [0.1, 0.15) is 36.7 Å². The van der Waals surface area contributed by atoms with Crippen LogP contribution >= 0.6 is 23.7 Å². The van der Waals surface area contributed by atoms with Crippen molar-refractivity contribution in [3.63, 3.8) is 0 Å². The fraction of sp³-hybridized carbons (Fsp3) is 0.280. The van der Waals surface area contributed by atoms with E-state index in [1.165, 1.54) is 62.4 Å². The maximum atomic E-state index is 13.0. The smallest absolute Gasteiger partial charge is 0.341 e. The Hall–Kier alpha value is -2.76. The number of sulfonamides is 1. The van der Waals surface area contributed by atoms with Crippen LogP contribution in [0.4, 0.5) is 5.00 Å². The van der Waals surface area contributed by atoms with Crippen molar-refractivity contribution in [3.05, 3.63) is 81.7 Å². The Morgan fingerprint density at radius 1 is 1.08 bits per heavy atom.